The summed E-state index contributed by atoms with van der Waals surface area (Å²) in [5.74, 6) is 3.22. The van der Waals surface area contributed by atoms with Crippen LogP contribution >= 0.6 is 0 Å². The van der Waals surface area contributed by atoms with Crippen molar-refractivity contribution >= 4 is 11.6 Å². The molecule has 0 saturated heterocycles. The van der Waals surface area contributed by atoms with Crippen molar-refractivity contribution in [3.8, 4) is 0 Å². The van der Waals surface area contributed by atoms with E-state index in [1.807, 2.05) is 19.9 Å². The first-order chi connectivity index (χ1) is 8.97. The summed E-state index contributed by atoms with van der Waals surface area (Å²) in [6.07, 6.45) is 2.07. The van der Waals surface area contributed by atoms with Crippen LogP contribution in [0.2, 0.25) is 0 Å². The lowest BCUT2D eigenvalue weighted by molar-refractivity contribution is 0.606. The van der Waals surface area contributed by atoms with Gasteiger partial charge in [-0.2, -0.15) is 0 Å². The number of aromatic nitrogens is 2. The maximum Gasteiger partial charge on any atom is 0.131 e. The van der Waals surface area contributed by atoms with Crippen molar-refractivity contribution in [3.05, 3.63) is 11.9 Å². The summed E-state index contributed by atoms with van der Waals surface area (Å²) in [4.78, 5) is 8.76. The molecule has 1 rings (SSSR count). The molecule has 0 aliphatic rings. The monoisotopic (exact) mass is 265 g/mol. The maximum atomic E-state index is 5.73. The van der Waals surface area contributed by atoms with E-state index in [-0.39, 0.29) is 6.04 Å². The maximum absolute atomic E-state index is 5.73. The number of nitrogens with two attached hydrogens (primary N) is 1. The molecular formula is C14H27N5. The quantitative estimate of drug-likeness (QED) is 0.673. The summed E-state index contributed by atoms with van der Waals surface area (Å²) in [6, 6.07) is 2.16. The second-order valence-electron chi connectivity index (χ2n) is 5.49. The lowest BCUT2D eigenvalue weighted by atomic mass is 10.1. The molecule has 0 radical (unpaired) electrons. The van der Waals surface area contributed by atoms with Crippen molar-refractivity contribution in [1.82, 2.24) is 9.97 Å². The Labute approximate surface area is 116 Å². The average molecular weight is 265 g/mol. The Hall–Kier alpha value is -1.36. The van der Waals surface area contributed by atoms with Gasteiger partial charge in [0.25, 0.3) is 0 Å². The fourth-order valence-electron chi connectivity index (χ4n) is 1.67. The number of anilines is 2. The van der Waals surface area contributed by atoms with Crippen molar-refractivity contribution in [2.75, 3.05) is 23.7 Å². The van der Waals surface area contributed by atoms with Gasteiger partial charge < -0.3 is 16.4 Å². The number of hydrogen-bond donors (Lipinski definition) is 3. The van der Waals surface area contributed by atoms with E-state index >= 15 is 0 Å². The van der Waals surface area contributed by atoms with Gasteiger partial charge in [-0.1, -0.05) is 13.8 Å². The summed E-state index contributed by atoms with van der Waals surface area (Å²) >= 11 is 0. The molecule has 0 spiro atoms. The number of hydrogen-bond acceptors (Lipinski definition) is 5. The summed E-state index contributed by atoms with van der Waals surface area (Å²) in [5.41, 5.74) is 5.73. The van der Waals surface area contributed by atoms with Gasteiger partial charge in [-0.25, -0.2) is 9.97 Å². The van der Waals surface area contributed by atoms with E-state index in [9.17, 15) is 0 Å². The fraction of sp³-hybridized carbons (Fsp3) is 0.714. The SMILES string of the molecule is Cc1nc(NCCC(C)C)cc(NCCC(C)N)n1. The third kappa shape index (κ3) is 6.96. The first-order valence-electron chi connectivity index (χ1n) is 7.06. The normalized spacial score (nSPS) is 12.5. The Morgan fingerprint density at radius 2 is 1.58 bits per heavy atom. The zero-order valence-corrected chi connectivity index (χ0v) is 12.5. The predicted molar refractivity (Wildman–Crippen MR) is 81.5 cm³/mol. The van der Waals surface area contributed by atoms with E-state index in [0.29, 0.717) is 5.92 Å². The minimum Gasteiger partial charge on any atom is -0.370 e. The van der Waals surface area contributed by atoms with Gasteiger partial charge in [-0.05, 0) is 32.6 Å². The van der Waals surface area contributed by atoms with Crippen LogP contribution in [-0.4, -0.2) is 29.1 Å². The van der Waals surface area contributed by atoms with Crippen LogP contribution in [0.5, 0.6) is 0 Å². The molecule has 1 atom stereocenters. The Morgan fingerprint density at radius 3 is 2.05 bits per heavy atom. The first kappa shape index (κ1) is 15.7. The Bertz CT molecular complexity index is 344. The summed E-state index contributed by atoms with van der Waals surface area (Å²) in [5, 5.41) is 6.63. The molecule has 0 aromatic carbocycles. The van der Waals surface area contributed by atoms with Gasteiger partial charge in [0.2, 0.25) is 0 Å². The first-order valence-corrected chi connectivity index (χ1v) is 7.06. The topological polar surface area (TPSA) is 75.9 Å². The van der Waals surface area contributed by atoms with Gasteiger partial charge in [0, 0.05) is 25.2 Å². The fourth-order valence-corrected chi connectivity index (χ4v) is 1.67. The van der Waals surface area contributed by atoms with E-state index in [0.717, 1.165) is 43.4 Å². The van der Waals surface area contributed by atoms with Crippen LogP contribution in [0.3, 0.4) is 0 Å². The van der Waals surface area contributed by atoms with Crippen LogP contribution < -0.4 is 16.4 Å². The average Bonchev–Trinajstić information content (AvgIpc) is 2.27. The number of nitrogens with zero attached hydrogens (tertiary/aromatic N) is 2. The highest BCUT2D eigenvalue weighted by molar-refractivity contribution is 5.47. The van der Waals surface area contributed by atoms with Gasteiger partial charge in [0.1, 0.15) is 17.5 Å². The molecule has 0 bridgehead atoms. The molecule has 4 N–H and O–H groups in total. The Balaban J connectivity index is 2.51. The van der Waals surface area contributed by atoms with E-state index in [2.05, 4.69) is 34.4 Å². The predicted octanol–water partition coefficient (Wildman–Crippen LogP) is 2.39. The van der Waals surface area contributed by atoms with Crippen molar-refractivity contribution in [3.63, 3.8) is 0 Å². The summed E-state index contributed by atoms with van der Waals surface area (Å²) in [7, 11) is 0. The summed E-state index contributed by atoms with van der Waals surface area (Å²) in [6.45, 7) is 10.1. The third-order valence-electron chi connectivity index (χ3n) is 2.77. The van der Waals surface area contributed by atoms with Crippen molar-refractivity contribution < 1.29 is 0 Å². The number of rotatable bonds is 8. The van der Waals surface area contributed by atoms with Crippen LogP contribution in [0.1, 0.15) is 39.4 Å². The highest BCUT2D eigenvalue weighted by Crippen LogP contribution is 2.12. The molecule has 5 heteroatoms. The standard InChI is InChI=1S/C14H27N5/c1-10(2)5-7-16-13-9-14(19-12(4)18-13)17-8-6-11(3)15/h9-11H,5-8,15H2,1-4H3,(H2,16,17,18,19). The lowest BCUT2D eigenvalue weighted by Crippen LogP contribution is -2.19. The molecule has 1 aromatic heterocycles. The Kier molecular flexibility index (Phi) is 6.56. The molecule has 1 heterocycles. The van der Waals surface area contributed by atoms with Gasteiger partial charge in [0.05, 0.1) is 0 Å². The number of nitrogens with one attached hydrogen (secondary N) is 2. The second-order valence-corrected chi connectivity index (χ2v) is 5.49. The zero-order chi connectivity index (χ0) is 14.3. The zero-order valence-electron chi connectivity index (χ0n) is 12.5. The van der Waals surface area contributed by atoms with Gasteiger partial charge >= 0.3 is 0 Å². The van der Waals surface area contributed by atoms with Crippen molar-refractivity contribution in [2.24, 2.45) is 11.7 Å². The minimum absolute atomic E-state index is 0.207. The molecule has 1 aromatic rings. The highest BCUT2D eigenvalue weighted by Gasteiger charge is 2.02. The summed E-state index contributed by atoms with van der Waals surface area (Å²) < 4.78 is 0. The van der Waals surface area contributed by atoms with Crippen molar-refractivity contribution in [1.29, 1.82) is 0 Å². The highest BCUT2D eigenvalue weighted by atomic mass is 15.1. The molecular weight excluding hydrogens is 238 g/mol. The van der Waals surface area contributed by atoms with Crippen LogP contribution in [0.25, 0.3) is 0 Å². The molecule has 0 aliphatic carbocycles. The van der Waals surface area contributed by atoms with Crippen LogP contribution in [0, 0.1) is 12.8 Å². The van der Waals surface area contributed by atoms with Gasteiger partial charge in [-0.15, -0.1) is 0 Å². The minimum atomic E-state index is 0.207. The molecule has 5 nitrogen and oxygen atoms in total. The van der Waals surface area contributed by atoms with E-state index in [1.165, 1.54) is 0 Å². The largest absolute Gasteiger partial charge is 0.370 e. The molecule has 0 amide bonds. The smallest absolute Gasteiger partial charge is 0.131 e. The second kappa shape index (κ2) is 7.94. The van der Waals surface area contributed by atoms with E-state index < -0.39 is 0 Å². The Morgan fingerprint density at radius 1 is 1.05 bits per heavy atom. The molecule has 0 fully saturated rings. The van der Waals surface area contributed by atoms with Crippen molar-refractivity contribution in [2.45, 2.75) is 46.6 Å². The van der Waals surface area contributed by atoms with Crippen LogP contribution in [-0.2, 0) is 0 Å². The molecule has 1 unspecified atom stereocenters. The van der Waals surface area contributed by atoms with E-state index in [4.69, 9.17) is 5.73 Å². The van der Waals surface area contributed by atoms with Gasteiger partial charge in [0.15, 0.2) is 0 Å². The lowest BCUT2D eigenvalue weighted by Gasteiger charge is -2.11. The van der Waals surface area contributed by atoms with Crippen LogP contribution in [0.4, 0.5) is 11.6 Å². The molecule has 108 valence electrons. The number of aryl methyl sites for hydroxylation is 1. The van der Waals surface area contributed by atoms with Crippen LogP contribution in [0.15, 0.2) is 6.07 Å². The third-order valence-corrected chi connectivity index (χ3v) is 2.77. The molecule has 0 saturated carbocycles. The van der Waals surface area contributed by atoms with Gasteiger partial charge in [-0.3, -0.25) is 0 Å². The molecule has 0 aliphatic heterocycles. The van der Waals surface area contributed by atoms with E-state index in [1.54, 1.807) is 0 Å². The molecule has 19 heavy (non-hydrogen) atoms.